The number of carbonyl (C=O) groups excluding carboxylic acids is 2. The molecule has 1 aliphatic carbocycles. The molecule has 0 saturated heterocycles. The smallest absolute Gasteiger partial charge is 0.332 e. The third kappa shape index (κ3) is 3.63. The Morgan fingerprint density at radius 3 is 2.36 bits per heavy atom. The van der Waals surface area contributed by atoms with Crippen LogP contribution < -0.4 is 10.0 Å². The van der Waals surface area contributed by atoms with Gasteiger partial charge >= 0.3 is 5.97 Å². The van der Waals surface area contributed by atoms with Crippen LogP contribution in [0.15, 0.2) is 47.6 Å². The number of hydrogen-bond acceptors (Lipinski definition) is 6. The standard InChI is InChI=1S/C19H21N3O5S/c1-3-27-18(24)19(11-13-7-4-5-8-14(13)12-19)22-16(23)15-9-6-10-21-17(15)28(25,26)20-2/h4-10,20H,3,11-12H2,1-2H3,(H,22,23). The summed E-state index contributed by atoms with van der Waals surface area (Å²) in [6.45, 7) is 1.85. The molecule has 1 aliphatic rings. The fourth-order valence-electron chi connectivity index (χ4n) is 3.33. The number of amides is 1. The molecule has 0 unspecified atom stereocenters. The van der Waals surface area contributed by atoms with Crippen LogP contribution in [0.2, 0.25) is 0 Å². The van der Waals surface area contributed by atoms with E-state index in [0.717, 1.165) is 11.1 Å². The number of sulfonamides is 1. The second-order valence-electron chi connectivity index (χ2n) is 6.44. The topological polar surface area (TPSA) is 114 Å². The molecule has 0 aliphatic heterocycles. The summed E-state index contributed by atoms with van der Waals surface area (Å²) in [5.74, 6) is -1.26. The summed E-state index contributed by atoms with van der Waals surface area (Å²) < 4.78 is 31.8. The van der Waals surface area contributed by atoms with Crippen LogP contribution in [0.5, 0.6) is 0 Å². The molecule has 0 bridgehead atoms. The summed E-state index contributed by atoms with van der Waals surface area (Å²) in [5.41, 5.74) is 0.430. The number of fused-ring (bicyclic) bond motifs is 1. The average molecular weight is 403 g/mol. The number of aromatic nitrogens is 1. The average Bonchev–Trinajstić information content (AvgIpc) is 3.07. The van der Waals surface area contributed by atoms with Crippen molar-refractivity contribution in [3.8, 4) is 0 Å². The number of hydrogen-bond donors (Lipinski definition) is 2. The Balaban J connectivity index is 1.98. The molecular formula is C19H21N3O5S. The number of pyridine rings is 1. The van der Waals surface area contributed by atoms with E-state index in [4.69, 9.17) is 4.74 Å². The van der Waals surface area contributed by atoms with E-state index < -0.39 is 32.5 Å². The van der Waals surface area contributed by atoms with Gasteiger partial charge in [-0.1, -0.05) is 24.3 Å². The number of ether oxygens (including phenoxy) is 1. The molecule has 2 aromatic rings. The molecule has 1 heterocycles. The summed E-state index contributed by atoms with van der Waals surface area (Å²) in [5, 5.41) is 2.33. The van der Waals surface area contributed by atoms with Crippen LogP contribution in [0.4, 0.5) is 0 Å². The fraction of sp³-hybridized carbons (Fsp3) is 0.316. The van der Waals surface area contributed by atoms with Gasteiger partial charge in [0, 0.05) is 19.0 Å². The van der Waals surface area contributed by atoms with E-state index in [2.05, 4.69) is 15.0 Å². The molecular weight excluding hydrogens is 382 g/mol. The van der Waals surface area contributed by atoms with Gasteiger partial charge in [0.25, 0.3) is 15.9 Å². The van der Waals surface area contributed by atoms with Crippen molar-refractivity contribution in [3.63, 3.8) is 0 Å². The molecule has 1 aromatic heterocycles. The first-order chi connectivity index (χ1) is 13.3. The van der Waals surface area contributed by atoms with E-state index in [-0.39, 0.29) is 25.0 Å². The summed E-state index contributed by atoms with van der Waals surface area (Å²) in [4.78, 5) is 29.6. The first-order valence-corrected chi connectivity index (χ1v) is 10.3. The van der Waals surface area contributed by atoms with Crippen LogP contribution in [0.3, 0.4) is 0 Å². The molecule has 148 valence electrons. The van der Waals surface area contributed by atoms with Crippen LogP contribution in [0.1, 0.15) is 28.4 Å². The third-order valence-electron chi connectivity index (χ3n) is 4.66. The Kier molecular flexibility index (Phi) is 5.48. The van der Waals surface area contributed by atoms with Crippen molar-refractivity contribution in [1.82, 2.24) is 15.0 Å². The number of nitrogens with zero attached hydrogens (tertiary/aromatic N) is 1. The molecule has 0 saturated carbocycles. The highest BCUT2D eigenvalue weighted by Gasteiger charge is 2.47. The summed E-state index contributed by atoms with van der Waals surface area (Å²) >= 11 is 0. The monoisotopic (exact) mass is 403 g/mol. The molecule has 9 heteroatoms. The van der Waals surface area contributed by atoms with Gasteiger partial charge < -0.3 is 10.1 Å². The Morgan fingerprint density at radius 1 is 1.14 bits per heavy atom. The predicted molar refractivity (Wildman–Crippen MR) is 101 cm³/mol. The zero-order chi connectivity index (χ0) is 20.4. The predicted octanol–water partition coefficient (Wildman–Crippen LogP) is 0.820. The SMILES string of the molecule is CCOC(=O)C1(NC(=O)c2cccnc2S(=O)(=O)NC)Cc2ccccc2C1. The minimum absolute atomic E-state index is 0.142. The molecule has 1 amide bonds. The lowest BCUT2D eigenvalue weighted by Crippen LogP contribution is -2.56. The van der Waals surface area contributed by atoms with Gasteiger partial charge in [0.15, 0.2) is 5.03 Å². The number of nitrogens with one attached hydrogen (secondary N) is 2. The normalized spacial score (nSPS) is 14.9. The molecule has 3 rings (SSSR count). The van der Waals surface area contributed by atoms with Gasteiger partial charge in [-0.3, -0.25) is 4.79 Å². The number of carbonyl (C=O) groups is 2. The Bertz CT molecular complexity index is 995. The fourth-order valence-corrected chi connectivity index (χ4v) is 4.17. The van der Waals surface area contributed by atoms with Crippen LogP contribution in [0.25, 0.3) is 0 Å². The lowest BCUT2D eigenvalue weighted by molar-refractivity contribution is -0.150. The maximum Gasteiger partial charge on any atom is 0.332 e. The molecule has 0 fully saturated rings. The van der Waals surface area contributed by atoms with Crippen molar-refractivity contribution >= 4 is 21.9 Å². The zero-order valence-electron chi connectivity index (χ0n) is 15.6. The van der Waals surface area contributed by atoms with E-state index in [0.29, 0.717) is 0 Å². The molecule has 1 aromatic carbocycles. The molecule has 0 radical (unpaired) electrons. The maximum atomic E-state index is 13.0. The van der Waals surface area contributed by atoms with Crippen LogP contribution >= 0.6 is 0 Å². The third-order valence-corrected chi connectivity index (χ3v) is 6.03. The van der Waals surface area contributed by atoms with Gasteiger partial charge in [-0.05, 0) is 37.2 Å². The Labute approximate surface area is 163 Å². The van der Waals surface area contributed by atoms with E-state index in [9.17, 15) is 18.0 Å². The highest BCUT2D eigenvalue weighted by Crippen LogP contribution is 2.32. The van der Waals surface area contributed by atoms with Gasteiger partial charge in [0.1, 0.15) is 5.54 Å². The zero-order valence-corrected chi connectivity index (χ0v) is 16.4. The van der Waals surface area contributed by atoms with Crippen LogP contribution in [-0.4, -0.2) is 44.5 Å². The van der Waals surface area contributed by atoms with Crippen molar-refractivity contribution in [2.45, 2.75) is 30.3 Å². The summed E-state index contributed by atoms with van der Waals surface area (Å²) in [6.07, 6.45) is 1.82. The quantitative estimate of drug-likeness (QED) is 0.690. The van der Waals surface area contributed by atoms with Crippen molar-refractivity contribution in [3.05, 3.63) is 59.3 Å². The maximum absolute atomic E-state index is 13.0. The van der Waals surface area contributed by atoms with Gasteiger partial charge in [0.2, 0.25) is 0 Å². The molecule has 8 nitrogen and oxygen atoms in total. The van der Waals surface area contributed by atoms with E-state index in [1.165, 1.54) is 25.4 Å². The van der Waals surface area contributed by atoms with Crippen molar-refractivity contribution < 1.29 is 22.7 Å². The van der Waals surface area contributed by atoms with Crippen molar-refractivity contribution in [2.24, 2.45) is 0 Å². The molecule has 0 spiro atoms. The number of benzene rings is 1. The van der Waals surface area contributed by atoms with Crippen molar-refractivity contribution in [1.29, 1.82) is 0 Å². The first-order valence-electron chi connectivity index (χ1n) is 8.78. The largest absolute Gasteiger partial charge is 0.464 e. The van der Waals surface area contributed by atoms with Crippen molar-refractivity contribution in [2.75, 3.05) is 13.7 Å². The Hall–Kier alpha value is -2.78. The second kappa shape index (κ2) is 7.69. The van der Waals surface area contributed by atoms with Crippen LogP contribution in [0, 0.1) is 0 Å². The minimum atomic E-state index is -3.95. The van der Waals surface area contributed by atoms with Gasteiger partial charge in [-0.25, -0.2) is 22.9 Å². The highest BCUT2D eigenvalue weighted by molar-refractivity contribution is 7.89. The lowest BCUT2D eigenvalue weighted by atomic mass is 9.95. The molecule has 28 heavy (non-hydrogen) atoms. The number of esters is 1. The Morgan fingerprint density at radius 2 is 1.79 bits per heavy atom. The van der Waals surface area contributed by atoms with Gasteiger partial charge in [0.05, 0.1) is 12.2 Å². The van der Waals surface area contributed by atoms with E-state index in [1.807, 2.05) is 24.3 Å². The minimum Gasteiger partial charge on any atom is -0.464 e. The van der Waals surface area contributed by atoms with E-state index in [1.54, 1.807) is 6.92 Å². The lowest BCUT2D eigenvalue weighted by Gasteiger charge is -2.28. The molecule has 0 atom stereocenters. The van der Waals surface area contributed by atoms with Gasteiger partial charge in [-0.2, -0.15) is 0 Å². The summed E-state index contributed by atoms with van der Waals surface area (Å²) in [7, 11) is -2.71. The van der Waals surface area contributed by atoms with E-state index >= 15 is 0 Å². The first kappa shape index (κ1) is 20.0. The summed E-state index contributed by atoms with van der Waals surface area (Å²) in [6, 6.07) is 10.3. The molecule has 2 N–H and O–H groups in total. The number of rotatable bonds is 6. The second-order valence-corrected chi connectivity index (χ2v) is 8.24. The highest BCUT2D eigenvalue weighted by atomic mass is 32.2. The van der Waals surface area contributed by atoms with Crippen LogP contribution in [-0.2, 0) is 32.4 Å². The van der Waals surface area contributed by atoms with Gasteiger partial charge in [-0.15, -0.1) is 0 Å².